The molecule has 0 atom stereocenters. The Labute approximate surface area is 121 Å². The number of sulfonamides is 1. The molecule has 1 saturated carbocycles. The van der Waals surface area contributed by atoms with Gasteiger partial charge >= 0.3 is 0 Å². The van der Waals surface area contributed by atoms with E-state index in [0.717, 1.165) is 3.79 Å². The monoisotopic (exact) mass is 351 g/mol. The van der Waals surface area contributed by atoms with Crippen molar-refractivity contribution < 1.29 is 8.42 Å². The highest BCUT2D eigenvalue weighted by atomic mass is 79.9. The van der Waals surface area contributed by atoms with Crippen LogP contribution in [0.1, 0.15) is 27.7 Å². The van der Waals surface area contributed by atoms with E-state index in [1.165, 1.54) is 11.3 Å². The van der Waals surface area contributed by atoms with Crippen LogP contribution in [0.3, 0.4) is 0 Å². The average Bonchev–Trinajstić information content (AvgIpc) is 2.57. The Bertz CT molecular complexity index is 546. The fourth-order valence-electron chi connectivity index (χ4n) is 2.55. The van der Waals surface area contributed by atoms with E-state index in [1.54, 1.807) is 12.1 Å². The van der Waals surface area contributed by atoms with E-state index in [9.17, 15) is 8.42 Å². The SMILES string of the molecule is CC1(C)C(CNS(=O)(=O)c2ccc(Br)s2)C1(C)C. The molecule has 1 aromatic heterocycles. The second kappa shape index (κ2) is 4.30. The van der Waals surface area contributed by atoms with Crippen molar-refractivity contribution in [2.45, 2.75) is 31.9 Å². The second-order valence-corrected chi connectivity index (χ2v) is 10.4. The Morgan fingerprint density at radius 3 is 2.22 bits per heavy atom. The van der Waals surface area contributed by atoms with Gasteiger partial charge in [0.2, 0.25) is 10.0 Å². The van der Waals surface area contributed by atoms with Crippen LogP contribution in [0.5, 0.6) is 0 Å². The third kappa shape index (κ3) is 2.28. The van der Waals surface area contributed by atoms with Crippen molar-refractivity contribution >= 4 is 37.3 Å². The van der Waals surface area contributed by atoms with Gasteiger partial charge in [0, 0.05) is 6.54 Å². The summed E-state index contributed by atoms with van der Waals surface area (Å²) in [6.07, 6.45) is 0. The molecule has 0 bridgehead atoms. The Balaban J connectivity index is 2.04. The summed E-state index contributed by atoms with van der Waals surface area (Å²) in [6.45, 7) is 9.26. The topological polar surface area (TPSA) is 46.2 Å². The Hall–Kier alpha value is 0.0900. The van der Waals surface area contributed by atoms with Crippen LogP contribution < -0.4 is 4.72 Å². The summed E-state index contributed by atoms with van der Waals surface area (Å²) in [6, 6.07) is 3.38. The van der Waals surface area contributed by atoms with Gasteiger partial charge in [0.25, 0.3) is 0 Å². The Kier molecular flexibility index (Phi) is 3.46. The van der Waals surface area contributed by atoms with Gasteiger partial charge in [-0.1, -0.05) is 27.7 Å². The van der Waals surface area contributed by atoms with Crippen molar-refractivity contribution in [2.24, 2.45) is 16.7 Å². The van der Waals surface area contributed by atoms with Gasteiger partial charge in [-0.15, -0.1) is 11.3 Å². The molecule has 0 unspecified atom stereocenters. The molecular weight excluding hydrogens is 334 g/mol. The summed E-state index contributed by atoms with van der Waals surface area (Å²) in [5.74, 6) is 0.392. The zero-order valence-corrected chi connectivity index (χ0v) is 14.2. The lowest BCUT2D eigenvalue weighted by Gasteiger charge is -2.05. The van der Waals surface area contributed by atoms with E-state index in [1.807, 2.05) is 0 Å². The number of rotatable bonds is 4. The highest BCUT2D eigenvalue weighted by Gasteiger charge is 2.64. The zero-order chi connectivity index (χ0) is 13.8. The maximum atomic E-state index is 12.1. The van der Waals surface area contributed by atoms with E-state index < -0.39 is 10.0 Å². The smallest absolute Gasteiger partial charge is 0.210 e. The molecule has 1 heterocycles. The fraction of sp³-hybridized carbons (Fsp3) is 0.667. The van der Waals surface area contributed by atoms with Crippen molar-refractivity contribution in [1.29, 1.82) is 0 Å². The maximum absolute atomic E-state index is 12.1. The standard InChI is InChI=1S/C12H18BrNO2S2/c1-11(2)8(12(11,3)4)7-14-18(15,16)10-6-5-9(13)17-10/h5-6,8,14H,7H2,1-4H3. The van der Waals surface area contributed by atoms with Gasteiger partial charge in [0.1, 0.15) is 4.21 Å². The van der Waals surface area contributed by atoms with Gasteiger partial charge < -0.3 is 0 Å². The number of nitrogens with one attached hydrogen (secondary N) is 1. The van der Waals surface area contributed by atoms with Crippen molar-refractivity contribution in [1.82, 2.24) is 4.72 Å². The molecular formula is C12H18BrNO2S2. The average molecular weight is 352 g/mol. The molecule has 1 fully saturated rings. The summed E-state index contributed by atoms with van der Waals surface area (Å²) in [5.41, 5.74) is 0.400. The van der Waals surface area contributed by atoms with E-state index in [4.69, 9.17) is 0 Å². The van der Waals surface area contributed by atoms with E-state index >= 15 is 0 Å². The normalized spacial score (nSPS) is 22.1. The number of halogens is 1. The molecule has 18 heavy (non-hydrogen) atoms. The predicted octanol–water partition coefficient (Wildman–Crippen LogP) is 3.47. The van der Waals surface area contributed by atoms with Crippen LogP contribution in [0.2, 0.25) is 0 Å². The van der Waals surface area contributed by atoms with Crippen LogP contribution in [0, 0.1) is 16.7 Å². The van der Waals surface area contributed by atoms with Gasteiger partial charge in [-0.3, -0.25) is 0 Å². The molecule has 1 aromatic rings. The van der Waals surface area contributed by atoms with Crippen LogP contribution in [-0.4, -0.2) is 15.0 Å². The third-order valence-corrected chi connectivity index (χ3v) is 8.15. The lowest BCUT2D eigenvalue weighted by atomic mass is 10.0. The van der Waals surface area contributed by atoms with Crippen LogP contribution in [0.25, 0.3) is 0 Å². The minimum absolute atomic E-state index is 0.200. The molecule has 0 aromatic carbocycles. The highest BCUT2D eigenvalue weighted by Crippen LogP contribution is 2.67. The second-order valence-electron chi connectivity index (χ2n) is 5.91. The number of hydrogen-bond acceptors (Lipinski definition) is 3. The molecule has 0 amide bonds. The van der Waals surface area contributed by atoms with Crippen LogP contribution in [0.4, 0.5) is 0 Å². The van der Waals surface area contributed by atoms with Gasteiger partial charge in [-0.25, -0.2) is 13.1 Å². The molecule has 0 aliphatic heterocycles. The van der Waals surface area contributed by atoms with Crippen molar-refractivity contribution in [3.63, 3.8) is 0 Å². The van der Waals surface area contributed by atoms with Crippen LogP contribution in [-0.2, 0) is 10.0 Å². The van der Waals surface area contributed by atoms with E-state index in [-0.39, 0.29) is 10.8 Å². The van der Waals surface area contributed by atoms with Gasteiger partial charge in [-0.05, 0) is 44.8 Å². The molecule has 0 spiro atoms. The fourth-order valence-corrected chi connectivity index (χ4v) is 5.65. The maximum Gasteiger partial charge on any atom is 0.250 e. The molecule has 102 valence electrons. The lowest BCUT2D eigenvalue weighted by molar-refractivity contribution is 0.457. The number of thiophene rings is 1. The van der Waals surface area contributed by atoms with Crippen molar-refractivity contribution in [3.8, 4) is 0 Å². The Morgan fingerprint density at radius 2 is 1.83 bits per heavy atom. The molecule has 6 heteroatoms. The molecule has 0 radical (unpaired) electrons. The largest absolute Gasteiger partial charge is 0.250 e. The molecule has 1 aliphatic carbocycles. The zero-order valence-electron chi connectivity index (χ0n) is 11.0. The quantitative estimate of drug-likeness (QED) is 0.902. The van der Waals surface area contributed by atoms with Crippen molar-refractivity contribution in [3.05, 3.63) is 15.9 Å². The Morgan fingerprint density at radius 1 is 1.28 bits per heavy atom. The van der Waals surface area contributed by atoms with Gasteiger partial charge in [0.05, 0.1) is 3.79 Å². The highest BCUT2D eigenvalue weighted by molar-refractivity contribution is 9.11. The first-order chi connectivity index (χ1) is 8.09. The van der Waals surface area contributed by atoms with Crippen LogP contribution >= 0.6 is 27.3 Å². The minimum atomic E-state index is -3.36. The van der Waals surface area contributed by atoms with Crippen LogP contribution in [0.15, 0.2) is 20.1 Å². The molecule has 1 aliphatic rings. The number of hydrogen-bond donors (Lipinski definition) is 1. The summed E-state index contributed by atoms with van der Waals surface area (Å²) in [4.78, 5) is 0. The summed E-state index contributed by atoms with van der Waals surface area (Å²) >= 11 is 4.51. The summed E-state index contributed by atoms with van der Waals surface area (Å²) in [7, 11) is -3.36. The minimum Gasteiger partial charge on any atom is -0.210 e. The molecule has 1 N–H and O–H groups in total. The first-order valence-corrected chi connectivity index (χ1v) is 8.93. The molecule has 2 rings (SSSR count). The third-order valence-electron chi connectivity index (χ3n) is 4.61. The lowest BCUT2D eigenvalue weighted by Crippen LogP contribution is -2.26. The van der Waals surface area contributed by atoms with E-state index in [2.05, 4.69) is 48.3 Å². The summed E-state index contributed by atoms with van der Waals surface area (Å²) < 4.78 is 28.1. The predicted molar refractivity (Wildman–Crippen MR) is 78.3 cm³/mol. The van der Waals surface area contributed by atoms with Crippen molar-refractivity contribution in [2.75, 3.05) is 6.54 Å². The van der Waals surface area contributed by atoms with Gasteiger partial charge in [0.15, 0.2) is 0 Å². The van der Waals surface area contributed by atoms with Gasteiger partial charge in [-0.2, -0.15) is 0 Å². The first-order valence-electron chi connectivity index (χ1n) is 5.84. The summed E-state index contributed by atoms with van der Waals surface area (Å²) in [5, 5.41) is 0. The van der Waals surface area contributed by atoms with E-state index in [0.29, 0.717) is 16.7 Å². The molecule has 3 nitrogen and oxygen atoms in total. The first kappa shape index (κ1) is 14.5. The molecule has 0 saturated heterocycles.